The van der Waals surface area contributed by atoms with E-state index in [2.05, 4.69) is 48.5 Å². The summed E-state index contributed by atoms with van der Waals surface area (Å²) in [5.74, 6) is 0.635. The van der Waals surface area contributed by atoms with Crippen molar-refractivity contribution in [3.8, 4) is 23.0 Å². The maximum Gasteiger partial charge on any atom is 0.347 e. The zero-order valence-corrected chi connectivity index (χ0v) is 26.7. The molecule has 0 atom stereocenters. The lowest BCUT2D eigenvalue weighted by Crippen LogP contribution is -2.32. The van der Waals surface area contributed by atoms with E-state index in [4.69, 9.17) is 18.9 Å². The number of rotatable bonds is 9. The van der Waals surface area contributed by atoms with Crippen molar-refractivity contribution in [3.05, 3.63) is 154 Å². The van der Waals surface area contributed by atoms with Gasteiger partial charge < -0.3 is 18.9 Å². The first kappa shape index (κ1) is 31.6. The number of aldehydes is 1. The standard InChI is InChI=1S/C41H32O8/c1-46-38(43)35-17-15-33(23-28(35)25-42)47-31-11-7-29(8-12-31)41(21-19-27(20-22-41)26-5-3-2-4-6-26)30-9-13-32(14-10-30)48-34-16-18-36-37(24-34)40(45)49-39(36)44/h2-18,23-25,27H,19-22H2,1H3. The fourth-order valence-corrected chi connectivity index (χ4v) is 6.99. The lowest BCUT2D eigenvalue weighted by molar-refractivity contribution is 0.0442. The SMILES string of the molecule is COC(=O)c1ccc(Oc2ccc(C3(c4ccc(Oc5ccc6c(c5)C(=O)OC6=O)cc4)CCC(c4ccccc4)CC3)cc2)cc1C=O. The number of carbonyl (C=O) groups excluding carboxylic acids is 4. The molecule has 1 aliphatic carbocycles. The Kier molecular flexibility index (Phi) is 8.53. The first-order chi connectivity index (χ1) is 23.9. The van der Waals surface area contributed by atoms with E-state index in [1.54, 1.807) is 18.2 Å². The minimum absolute atomic E-state index is 0.179. The van der Waals surface area contributed by atoms with E-state index < -0.39 is 17.9 Å². The molecule has 0 saturated heterocycles. The van der Waals surface area contributed by atoms with Gasteiger partial charge in [-0.2, -0.15) is 0 Å². The van der Waals surface area contributed by atoms with Gasteiger partial charge >= 0.3 is 17.9 Å². The zero-order chi connectivity index (χ0) is 34.0. The van der Waals surface area contributed by atoms with Crippen LogP contribution in [0, 0.1) is 0 Å². The molecule has 8 nitrogen and oxygen atoms in total. The van der Waals surface area contributed by atoms with Crippen LogP contribution in [0.1, 0.15) is 89.7 Å². The Balaban J connectivity index is 1.15. The van der Waals surface area contributed by atoms with Crippen LogP contribution in [0.4, 0.5) is 0 Å². The van der Waals surface area contributed by atoms with Gasteiger partial charge in [0.2, 0.25) is 0 Å². The van der Waals surface area contributed by atoms with Crippen molar-refractivity contribution in [1.82, 2.24) is 0 Å². The first-order valence-corrected chi connectivity index (χ1v) is 16.1. The number of carbonyl (C=O) groups is 4. The van der Waals surface area contributed by atoms with Gasteiger partial charge in [-0.25, -0.2) is 14.4 Å². The van der Waals surface area contributed by atoms with E-state index >= 15 is 0 Å². The summed E-state index contributed by atoms with van der Waals surface area (Å²) in [4.78, 5) is 47.5. The van der Waals surface area contributed by atoms with Crippen molar-refractivity contribution < 1.29 is 38.1 Å². The monoisotopic (exact) mass is 652 g/mol. The molecule has 0 N–H and O–H groups in total. The summed E-state index contributed by atoms with van der Waals surface area (Å²) in [5.41, 5.74) is 4.23. The minimum Gasteiger partial charge on any atom is -0.465 e. The molecule has 0 unspecified atom stereocenters. The minimum atomic E-state index is -0.674. The normalized spacial score (nSPS) is 18.3. The molecule has 0 aromatic heterocycles. The third-order valence-electron chi connectivity index (χ3n) is 9.57. The van der Waals surface area contributed by atoms with Crippen molar-refractivity contribution in [2.45, 2.75) is 37.0 Å². The van der Waals surface area contributed by atoms with Crippen molar-refractivity contribution in [1.29, 1.82) is 0 Å². The molecule has 0 radical (unpaired) electrons. The van der Waals surface area contributed by atoms with Crippen LogP contribution in [0.15, 0.2) is 115 Å². The number of hydrogen-bond acceptors (Lipinski definition) is 8. The van der Waals surface area contributed by atoms with Crippen LogP contribution in [-0.2, 0) is 14.9 Å². The Morgan fingerprint density at radius 3 is 1.84 bits per heavy atom. The van der Waals surface area contributed by atoms with Gasteiger partial charge in [-0.05, 0) is 109 Å². The van der Waals surface area contributed by atoms with Crippen molar-refractivity contribution in [3.63, 3.8) is 0 Å². The molecule has 5 aromatic carbocycles. The van der Waals surface area contributed by atoms with E-state index in [9.17, 15) is 19.2 Å². The maximum absolute atomic E-state index is 12.0. The molecule has 1 heterocycles. The molecular weight excluding hydrogens is 620 g/mol. The summed E-state index contributed by atoms with van der Waals surface area (Å²) >= 11 is 0. The van der Waals surface area contributed by atoms with Gasteiger partial charge in [-0.1, -0.05) is 54.6 Å². The van der Waals surface area contributed by atoms with Crippen molar-refractivity contribution in [2.75, 3.05) is 7.11 Å². The van der Waals surface area contributed by atoms with Crippen LogP contribution < -0.4 is 9.47 Å². The molecule has 0 spiro atoms. The first-order valence-electron chi connectivity index (χ1n) is 16.1. The second-order valence-corrected chi connectivity index (χ2v) is 12.3. The third-order valence-corrected chi connectivity index (χ3v) is 9.57. The number of cyclic esters (lactones) is 2. The van der Waals surface area contributed by atoms with E-state index in [-0.39, 0.29) is 27.7 Å². The average Bonchev–Trinajstić information content (AvgIpc) is 3.43. The third kappa shape index (κ3) is 6.21. The summed E-state index contributed by atoms with van der Waals surface area (Å²) in [7, 11) is 1.27. The number of esters is 3. The molecule has 8 heteroatoms. The molecule has 49 heavy (non-hydrogen) atoms. The Morgan fingerprint density at radius 2 is 1.24 bits per heavy atom. The Hall–Kier alpha value is -6.02. The number of hydrogen-bond donors (Lipinski definition) is 0. The van der Waals surface area contributed by atoms with Crippen LogP contribution in [-0.4, -0.2) is 31.3 Å². The second-order valence-electron chi connectivity index (χ2n) is 12.3. The molecule has 1 saturated carbocycles. The van der Waals surface area contributed by atoms with Crippen LogP contribution >= 0.6 is 0 Å². The van der Waals surface area contributed by atoms with E-state index in [0.717, 1.165) is 36.8 Å². The van der Waals surface area contributed by atoms with E-state index in [1.165, 1.54) is 30.9 Å². The zero-order valence-electron chi connectivity index (χ0n) is 26.7. The molecular formula is C41H32O8. The topological polar surface area (TPSA) is 105 Å². The summed E-state index contributed by atoms with van der Waals surface area (Å²) in [6.07, 6.45) is 4.52. The number of benzene rings is 5. The molecule has 244 valence electrons. The molecule has 1 aliphatic heterocycles. The van der Waals surface area contributed by atoms with E-state index in [0.29, 0.717) is 35.2 Å². The molecule has 0 bridgehead atoms. The van der Waals surface area contributed by atoms with Gasteiger partial charge in [0.05, 0.1) is 23.8 Å². The largest absolute Gasteiger partial charge is 0.465 e. The van der Waals surface area contributed by atoms with Crippen LogP contribution in [0.5, 0.6) is 23.0 Å². The summed E-state index contributed by atoms with van der Waals surface area (Å²) in [5, 5.41) is 0. The summed E-state index contributed by atoms with van der Waals surface area (Å²) in [6, 6.07) is 36.1. The quantitative estimate of drug-likeness (QED) is 0.0884. The second kappa shape index (κ2) is 13.2. The number of methoxy groups -OCH3 is 1. The van der Waals surface area contributed by atoms with Crippen LogP contribution in [0.25, 0.3) is 0 Å². The van der Waals surface area contributed by atoms with Crippen molar-refractivity contribution in [2.24, 2.45) is 0 Å². The van der Waals surface area contributed by atoms with Gasteiger partial charge in [0.25, 0.3) is 0 Å². The van der Waals surface area contributed by atoms with Gasteiger partial charge in [-0.3, -0.25) is 4.79 Å². The average molecular weight is 653 g/mol. The summed E-state index contributed by atoms with van der Waals surface area (Å²) < 4.78 is 21.6. The molecule has 0 amide bonds. The highest BCUT2D eigenvalue weighted by Crippen LogP contribution is 2.49. The number of ether oxygens (including phenoxy) is 4. The fraction of sp³-hybridized carbons (Fsp3) is 0.171. The van der Waals surface area contributed by atoms with Gasteiger partial charge in [-0.15, -0.1) is 0 Å². The molecule has 5 aromatic rings. The van der Waals surface area contributed by atoms with Crippen LogP contribution in [0.3, 0.4) is 0 Å². The molecule has 1 fully saturated rings. The Labute approximate surface area is 283 Å². The fourth-order valence-electron chi connectivity index (χ4n) is 6.99. The predicted molar refractivity (Wildman–Crippen MR) is 181 cm³/mol. The smallest absolute Gasteiger partial charge is 0.347 e. The van der Waals surface area contributed by atoms with E-state index in [1.807, 2.05) is 30.3 Å². The Bertz CT molecular complexity index is 2040. The van der Waals surface area contributed by atoms with Gasteiger partial charge in [0.15, 0.2) is 6.29 Å². The molecule has 2 aliphatic rings. The van der Waals surface area contributed by atoms with Crippen molar-refractivity contribution >= 4 is 24.2 Å². The van der Waals surface area contributed by atoms with Gasteiger partial charge in [0.1, 0.15) is 23.0 Å². The highest BCUT2D eigenvalue weighted by atomic mass is 16.6. The highest BCUT2D eigenvalue weighted by Gasteiger charge is 2.39. The summed E-state index contributed by atoms with van der Waals surface area (Å²) in [6.45, 7) is 0. The predicted octanol–water partition coefficient (Wildman–Crippen LogP) is 8.82. The highest BCUT2D eigenvalue weighted by molar-refractivity contribution is 6.14. The Morgan fingerprint density at radius 1 is 0.694 bits per heavy atom. The van der Waals surface area contributed by atoms with Crippen LogP contribution in [0.2, 0.25) is 0 Å². The van der Waals surface area contributed by atoms with Gasteiger partial charge in [0, 0.05) is 11.0 Å². The molecule has 7 rings (SSSR count). The maximum atomic E-state index is 12.0. The number of fused-ring (bicyclic) bond motifs is 1. The lowest BCUT2D eigenvalue weighted by atomic mass is 9.62. The lowest BCUT2D eigenvalue weighted by Gasteiger charge is -2.41.